The standard InChI is InChI=1S/C17H16ClF3N4O3/c1-10-7-12(3-4-13(10)18)28-9-24-6-5-14(23-24)15(26)25-16(27,17(19,20)21)8-11(2)22-25/h3-7,27H,8-9H2,1-2H3/t16-/m0/s1. The highest BCUT2D eigenvalue weighted by Gasteiger charge is 2.63. The van der Waals surface area contributed by atoms with Crippen molar-refractivity contribution in [2.24, 2.45) is 5.10 Å². The van der Waals surface area contributed by atoms with E-state index in [-0.39, 0.29) is 23.1 Å². The number of ether oxygens (including phenoxy) is 1. The van der Waals surface area contributed by atoms with Crippen molar-refractivity contribution in [1.82, 2.24) is 14.8 Å². The molecular formula is C17H16ClF3N4O3. The van der Waals surface area contributed by atoms with Crippen LogP contribution in [-0.4, -0.2) is 43.4 Å². The zero-order chi connectivity index (χ0) is 20.7. The monoisotopic (exact) mass is 416 g/mol. The van der Waals surface area contributed by atoms with E-state index in [2.05, 4.69) is 10.2 Å². The highest BCUT2D eigenvalue weighted by atomic mass is 35.5. The van der Waals surface area contributed by atoms with Gasteiger partial charge in [-0.15, -0.1) is 0 Å². The Bertz CT molecular complexity index is 944. The molecule has 3 rings (SSSR count). The van der Waals surface area contributed by atoms with Crippen molar-refractivity contribution in [3.05, 3.63) is 46.7 Å². The summed E-state index contributed by atoms with van der Waals surface area (Å²) in [5.74, 6) is -0.658. The molecule has 0 saturated heterocycles. The summed E-state index contributed by atoms with van der Waals surface area (Å²) in [5.41, 5.74) is -2.91. The first-order chi connectivity index (χ1) is 13.0. The number of hydrazone groups is 1. The second-order valence-electron chi connectivity index (χ2n) is 6.37. The molecule has 1 atom stereocenters. The van der Waals surface area contributed by atoms with Crippen LogP contribution >= 0.6 is 11.6 Å². The van der Waals surface area contributed by atoms with Crippen molar-refractivity contribution >= 4 is 23.2 Å². The van der Waals surface area contributed by atoms with Crippen LogP contribution in [0, 0.1) is 6.92 Å². The molecule has 1 N–H and O–H groups in total. The smallest absolute Gasteiger partial charge is 0.438 e. The number of aryl methyl sites for hydroxylation is 1. The summed E-state index contributed by atoms with van der Waals surface area (Å²) in [5, 5.41) is 18.1. The SMILES string of the molecule is CC1=NN(C(=O)c2ccn(COc3ccc(Cl)c(C)c3)n2)[C@@](O)(C(F)(F)F)C1. The van der Waals surface area contributed by atoms with Gasteiger partial charge in [-0.25, -0.2) is 4.68 Å². The number of benzene rings is 1. The van der Waals surface area contributed by atoms with E-state index in [0.717, 1.165) is 5.56 Å². The van der Waals surface area contributed by atoms with Gasteiger partial charge in [-0.05, 0) is 43.7 Å². The average Bonchev–Trinajstić information content (AvgIpc) is 3.20. The van der Waals surface area contributed by atoms with Crippen molar-refractivity contribution in [3.63, 3.8) is 0 Å². The number of carbonyl (C=O) groups is 1. The van der Waals surface area contributed by atoms with E-state index in [1.165, 1.54) is 23.9 Å². The van der Waals surface area contributed by atoms with E-state index in [1.807, 2.05) is 0 Å². The van der Waals surface area contributed by atoms with Crippen molar-refractivity contribution in [3.8, 4) is 5.75 Å². The van der Waals surface area contributed by atoms with Crippen LogP contribution in [0.4, 0.5) is 13.2 Å². The van der Waals surface area contributed by atoms with E-state index < -0.39 is 24.2 Å². The first kappa shape index (κ1) is 20.2. The molecule has 28 heavy (non-hydrogen) atoms. The van der Waals surface area contributed by atoms with Gasteiger partial charge in [0.1, 0.15) is 5.75 Å². The van der Waals surface area contributed by atoms with Crippen LogP contribution in [0.1, 0.15) is 29.4 Å². The van der Waals surface area contributed by atoms with Crippen molar-refractivity contribution < 1.29 is 27.8 Å². The molecule has 150 valence electrons. The molecule has 2 heterocycles. The van der Waals surface area contributed by atoms with Gasteiger partial charge in [0.2, 0.25) is 0 Å². The number of alkyl halides is 3. The normalized spacial score (nSPS) is 19.7. The average molecular weight is 417 g/mol. The molecule has 2 aromatic rings. The second kappa shape index (κ2) is 7.10. The van der Waals surface area contributed by atoms with Gasteiger partial charge in [-0.1, -0.05) is 11.6 Å². The van der Waals surface area contributed by atoms with Crippen LogP contribution in [0.25, 0.3) is 0 Å². The van der Waals surface area contributed by atoms with Crippen molar-refractivity contribution in [1.29, 1.82) is 0 Å². The third-order valence-electron chi connectivity index (χ3n) is 4.12. The van der Waals surface area contributed by atoms with E-state index in [0.29, 0.717) is 10.8 Å². The summed E-state index contributed by atoms with van der Waals surface area (Å²) in [6, 6.07) is 6.24. The highest BCUT2D eigenvalue weighted by molar-refractivity contribution is 6.31. The molecule has 0 fully saturated rings. The molecule has 1 amide bonds. The number of rotatable bonds is 4. The number of aliphatic hydroxyl groups is 1. The Morgan fingerprint density at radius 3 is 2.71 bits per heavy atom. The second-order valence-corrected chi connectivity index (χ2v) is 6.78. The van der Waals surface area contributed by atoms with Crippen LogP contribution in [0.3, 0.4) is 0 Å². The zero-order valence-electron chi connectivity index (χ0n) is 14.9. The maximum absolute atomic E-state index is 13.2. The maximum Gasteiger partial charge on any atom is 0.438 e. The quantitative estimate of drug-likeness (QED) is 0.828. The lowest BCUT2D eigenvalue weighted by Gasteiger charge is -2.32. The van der Waals surface area contributed by atoms with Crippen LogP contribution in [0.5, 0.6) is 5.75 Å². The molecule has 0 aliphatic carbocycles. The highest BCUT2D eigenvalue weighted by Crippen LogP contribution is 2.40. The van der Waals surface area contributed by atoms with Crippen molar-refractivity contribution in [2.75, 3.05) is 0 Å². The van der Waals surface area contributed by atoms with Crippen LogP contribution in [0.2, 0.25) is 5.02 Å². The minimum absolute atomic E-state index is 0.0194. The van der Waals surface area contributed by atoms with Crippen LogP contribution in [0.15, 0.2) is 35.6 Å². The number of halogens is 4. The van der Waals surface area contributed by atoms with Gasteiger partial charge >= 0.3 is 6.18 Å². The summed E-state index contributed by atoms with van der Waals surface area (Å²) in [6.45, 7) is 3.02. The van der Waals surface area contributed by atoms with Gasteiger partial charge in [0, 0.05) is 23.4 Å². The minimum atomic E-state index is -5.07. The topological polar surface area (TPSA) is 80.0 Å². The molecule has 0 bridgehead atoms. The van der Waals surface area contributed by atoms with Gasteiger partial charge in [0.15, 0.2) is 12.4 Å². The fraction of sp³-hybridized carbons (Fsp3) is 0.353. The lowest BCUT2D eigenvalue weighted by atomic mass is 10.1. The Labute approximate surface area is 163 Å². The van der Waals surface area contributed by atoms with E-state index in [4.69, 9.17) is 16.3 Å². The third kappa shape index (κ3) is 3.69. The maximum atomic E-state index is 13.2. The van der Waals surface area contributed by atoms with Gasteiger partial charge in [0.05, 0.1) is 0 Å². The lowest BCUT2D eigenvalue weighted by Crippen LogP contribution is -2.56. The summed E-state index contributed by atoms with van der Waals surface area (Å²) in [7, 11) is 0. The van der Waals surface area contributed by atoms with Gasteiger partial charge < -0.3 is 9.84 Å². The number of carbonyl (C=O) groups excluding carboxylic acids is 1. The first-order valence-corrected chi connectivity index (χ1v) is 8.49. The van der Waals surface area contributed by atoms with Crippen molar-refractivity contribution in [2.45, 2.75) is 38.9 Å². The molecule has 1 aromatic heterocycles. The number of amides is 1. The molecule has 1 aliphatic rings. The van der Waals surface area contributed by atoms with Crippen LogP contribution < -0.4 is 4.74 Å². The Kier molecular flexibility index (Phi) is 5.11. The number of hydrogen-bond acceptors (Lipinski definition) is 5. The van der Waals surface area contributed by atoms with Gasteiger partial charge in [-0.3, -0.25) is 4.79 Å². The van der Waals surface area contributed by atoms with E-state index >= 15 is 0 Å². The summed E-state index contributed by atoms with van der Waals surface area (Å²) >= 11 is 5.94. The van der Waals surface area contributed by atoms with Gasteiger partial charge in [-0.2, -0.15) is 28.4 Å². The van der Waals surface area contributed by atoms with E-state index in [9.17, 15) is 23.1 Å². The Morgan fingerprint density at radius 2 is 2.07 bits per heavy atom. The number of nitrogens with zero attached hydrogens (tertiary/aromatic N) is 4. The van der Waals surface area contributed by atoms with Gasteiger partial charge in [0.25, 0.3) is 11.6 Å². The molecule has 7 nitrogen and oxygen atoms in total. The molecule has 0 spiro atoms. The Hall–Kier alpha value is -2.59. The number of hydrogen-bond donors (Lipinski definition) is 1. The summed E-state index contributed by atoms with van der Waals surface area (Å²) in [6.07, 6.45) is -4.51. The first-order valence-electron chi connectivity index (χ1n) is 8.11. The summed E-state index contributed by atoms with van der Waals surface area (Å²) in [4.78, 5) is 12.5. The largest absolute Gasteiger partial charge is 0.471 e. The zero-order valence-corrected chi connectivity index (χ0v) is 15.6. The molecule has 1 aliphatic heterocycles. The fourth-order valence-corrected chi connectivity index (χ4v) is 2.78. The van der Waals surface area contributed by atoms with E-state index in [1.54, 1.807) is 25.1 Å². The Morgan fingerprint density at radius 1 is 1.36 bits per heavy atom. The lowest BCUT2D eigenvalue weighted by molar-refractivity contribution is -0.297. The fourth-order valence-electron chi connectivity index (χ4n) is 2.66. The Balaban J connectivity index is 1.74. The molecular weight excluding hydrogens is 401 g/mol. The predicted molar refractivity (Wildman–Crippen MR) is 93.9 cm³/mol. The summed E-state index contributed by atoms with van der Waals surface area (Å²) < 4.78 is 46.5. The molecule has 0 radical (unpaired) electrons. The molecule has 0 unspecified atom stereocenters. The van der Waals surface area contributed by atoms with Crippen LogP contribution in [-0.2, 0) is 6.73 Å². The third-order valence-corrected chi connectivity index (χ3v) is 4.55. The molecule has 1 aromatic carbocycles. The number of aromatic nitrogens is 2. The molecule has 0 saturated carbocycles. The minimum Gasteiger partial charge on any atom is -0.471 e. The predicted octanol–water partition coefficient (Wildman–Crippen LogP) is 3.35. The molecule has 11 heteroatoms.